The van der Waals surface area contributed by atoms with Crippen LogP contribution in [-0.4, -0.2) is 64.5 Å². The molecule has 0 heterocycles. The summed E-state index contributed by atoms with van der Waals surface area (Å²) in [6, 6.07) is 5.52. The molecule has 0 amide bonds. The Labute approximate surface area is 181 Å². The molecule has 0 saturated carbocycles. The molecule has 1 aromatic carbocycles. The Bertz CT molecular complexity index is 741. The fourth-order valence-corrected chi connectivity index (χ4v) is 2.15. The van der Waals surface area contributed by atoms with Crippen LogP contribution in [0.2, 0.25) is 0 Å². The van der Waals surface area contributed by atoms with E-state index in [1.54, 1.807) is 42.5 Å². The number of carboxylic acid groups (broad SMARTS) is 1. The number of rotatable bonds is 15. The summed E-state index contributed by atoms with van der Waals surface area (Å²) >= 11 is 0. The predicted octanol–water partition coefficient (Wildman–Crippen LogP) is 2.39. The number of benzene rings is 1. The van der Waals surface area contributed by atoms with E-state index in [1.807, 2.05) is 0 Å². The van der Waals surface area contributed by atoms with Crippen LogP contribution in [0, 0.1) is 5.82 Å². The normalized spacial score (nSPS) is 15.2. The van der Waals surface area contributed by atoms with E-state index in [0.717, 1.165) is 0 Å². The average molecular weight is 436 g/mol. The smallest absolute Gasteiger partial charge is 0.303 e. The van der Waals surface area contributed by atoms with Crippen LogP contribution < -0.4 is 4.74 Å². The van der Waals surface area contributed by atoms with Crippen molar-refractivity contribution in [1.82, 2.24) is 0 Å². The minimum Gasteiger partial charge on any atom is -0.491 e. The molecule has 8 heteroatoms. The van der Waals surface area contributed by atoms with Gasteiger partial charge in [-0.25, -0.2) is 4.39 Å². The van der Waals surface area contributed by atoms with Crippen molar-refractivity contribution in [3.8, 4) is 5.75 Å². The van der Waals surface area contributed by atoms with E-state index < -0.39 is 24.3 Å². The zero-order valence-corrected chi connectivity index (χ0v) is 17.1. The van der Waals surface area contributed by atoms with Crippen molar-refractivity contribution < 1.29 is 39.1 Å². The monoisotopic (exact) mass is 436 g/mol. The summed E-state index contributed by atoms with van der Waals surface area (Å²) in [4.78, 5) is 10.4. The van der Waals surface area contributed by atoms with Crippen molar-refractivity contribution in [2.24, 2.45) is 0 Å². The minimum absolute atomic E-state index is 0.00517. The second-order valence-corrected chi connectivity index (χ2v) is 6.50. The molecular formula is C23H29FO7. The maximum atomic E-state index is 12.8. The molecule has 0 fully saturated rings. The van der Waals surface area contributed by atoms with E-state index in [4.69, 9.17) is 14.6 Å². The summed E-state index contributed by atoms with van der Waals surface area (Å²) < 4.78 is 23.2. The van der Waals surface area contributed by atoms with Gasteiger partial charge in [0.2, 0.25) is 0 Å². The summed E-state index contributed by atoms with van der Waals surface area (Å²) in [6.07, 6.45) is 10.2. The van der Waals surface area contributed by atoms with Crippen molar-refractivity contribution in [2.45, 2.75) is 31.2 Å². The number of carboxylic acids is 1. The first-order valence-electron chi connectivity index (χ1n) is 9.79. The van der Waals surface area contributed by atoms with Crippen LogP contribution in [0.4, 0.5) is 4.39 Å². The third kappa shape index (κ3) is 14.0. The molecule has 4 N–H and O–H groups in total. The molecule has 0 saturated heterocycles. The van der Waals surface area contributed by atoms with E-state index >= 15 is 0 Å². The van der Waals surface area contributed by atoms with Crippen molar-refractivity contribution >= 4 is 5.97 Å². The Morgan fingerprint density at radius 2 is 1.55 bits per heavy atom. The van der Waals surface area contributed by atoms with Crippen LogP contribution in [0.5, 0.6) is 5.75 Å². The Balaban J connectivity index is 2.19. The van der Waals surface area contributed by atoms with Crippen LogP contribution in [0.3, 0.4) is 0 Å². The molecule has 0 spiro atoms. The van der Waals surface area contributed by atoms with Crippen molar-refractivity contribution in [1.29, 1.82) is 0 Å². The highest BCUT2D eigenvalue weighted by Crippen LogP contribution is 2.11. The molecule has 3 atom stereocenters. The zero-order chi connectivity index (χ0) is 22.9. The van der Waals surface area contributed by atoms with E-state index in [-0.39, 0.29) is 32.1 Å². The molecule has 0 aliphatic carbocycles. The summed E-state index contributed by atoms with van der Waals surface area (Å²) in [5.41, 5.74) is 0. The van der Waals surface area contributed by atoms with Crippen LogP contribution in [-0.2, 0) is 9.53 Å². The van der Waals surface area contributed by atoms with Crippen LogP contribution >= 0.6 is 0 Å². The maximum Gasteiger partial charge on any atom is 0.303 e. The molecule has 170 valence electrons. The number of halogens is 1. The highest BCUT2D eigenvalue weighted by molar-refractivity contribution is 5.66. The summed E-state index contributed by atoms with van der Waals surface area (Å²) in [5, 5.41) is 37.8. The Morgan fingerprint density at radius 3 is 2.19 bits per heavy atom. The molecule has 0 bridgehead atoms. The molecule has 7 nitrogen and oxygen atoms in total. The Morgan fingerprint density at radius 1 is 0.935 bits per heavy atom. The molecule has 31 heavy (non-hydrogen) atoms. The molecule has 0 aliphatic rings. The number of ether oxygens (including phenoxy) is 2. The summed E-state index contributed by atoms with van der Waals surface area (Å²) in [6.45, 7) is 0.149. The van der Waals surface area contributed by atoms with Gasteiger partial charge in [0.1, 0.15) is 36.5 Å². The van der Waals surface area contributed by atoms with Gasteiger partial charge in [0.25, 0.3) is 0 Å². The number of aliphatic hydroxyl groups excluding tert-OH is 3. The average Bonchev–Trinajstić information content (AvgIpc) is 2.74. The molecular weight excluding hydrogens is 407 g/mol. The molecule has 1 rings (SSSR count). The van der Waals surface area contributed by atoms with E-state index in [9.17, 15) is 24.5 Å². The number of carbonyl (C=O) groups is 1. The lowest BCUT2D eigenvalue weighted by Crippen LogP contribution is -2.29. The van der Waals surface area contributed by atoms with Crippen molar-refractivity contribution in [2.75, 3.05) is 19.8 Å². The quantitative estimate of drug-likeness (QED) is 0.246. The molecule has 0 aromatic heterocycles. The number of hydrogen-bond donors (Lipinski definition) is 4. The fourth-order valence-electron chi connectivity index (χ4n) is 2.15. The Kier molecular flexibility index (Phi) is 13.5. The number of allylic oxidation sites excluding steroid dienone is 6. The lowest BCUT2D eigenvalue weighted by molar-refractivity contribution is -0.137. The third-order valence-corrected chi connectivity index (χ3v) is 3.79. The maximum absolute atomic E-state index is 12.8. The second-order valence-electron chi connectivity index (χ2n) is 6.50. The fraction of sp³-hybridized carbons (Fsp3) is 0.348. The highest BCUT2D eigenvalue weighted by atomic mass is 19.1. The summed E-state index contributed by atoms with van der Waals surface area (Å²) in [5.74, 6) is -0.794. The SMILES string of the molecule is O=C(O)CCCOC[C@H](O)[C@H](O)/C=C/C=C/C=C\C=C\[C@H](O)COc1ccc(F)cc1. The molecule has 0 aliphatic heterocycles. The Hall–Kier alpha value is -2.78. The van der Waals surface area contributed by atoms with Crippen molar-refractivity contribution in [3.05, 3.63) is 78.7 Å². The number of hydrogen-bond acceptors (Lipinski definition) is 6. The lowest BCUT2D eigenvalue weighted by Gasteiger charge is -2.14. The first-order chi connectivity index (χ1) is 14.9. The van der Waals surface area contributed by atoms with Gasteiger partial charge in [-0.1, -0.05) is 48.6 Å². The van der Waals surface area contributed by atoms with Gasteiger partial charge in [0.05, 0.1) is 6.61 Å². The zero-order valence-electron chi connectivity index (χ0n) is 17.1. The van der Waals surface area contributed by atoms with E-state index in [0.29, 0.717) is 12.2 Å². The molecule has 1 aromatic rings. The van der Waals surface area contributed by atoms with Gasteiger partial charge in [-0.2, -0.15) is 0 Å². The molecule has 0 radical (unpaired) electrons. The minimum atomic E-state index is -1.11. The van der Waals surface area contributed by atoms with Crippen LogP contribution in [0.1, 0.15) is 12.8 Å². The lowest BCUT2D eigenvalue weighted by atomic mass is 10.2. The number of aliphatic carboxylic acids is 1. The van der Waals surface area contributed by atoms with E-state index in [1.165, 1.54) is 30.3 Å². The first kappa shape index (κ1) is 26.3. The van der Waals surface area contributed by atoms with Gasteiger partial charge < -0.3 is 29.9 Å². The first-order valence-corrected chi connectivity index (χ1v) is 9.79. The van der Waals surface area contributed by atoms with Crippen LogP contribution in [0.25, 0.3) is 0 Å². The van der Waals surface area contributed by atoms with Gasteiger partial charge >= 0.3 is 5.97 Å². The largest absolute Gasteiger partial charge is 0.491 e. The third-order valence-electron chi connectivity index (χ3n) is 3.79. The van der Waals surface area contributed by atoms with Gasteiger partial charge in [-0.05, 0) is 30.7 Å². The topological polar surface area (TPSA) is 116 Å². The van der Waals surface area contributed by atoms with Crippen molar-refractivity contribution in [3.63, 3.8) is 0 Å². The predicted molar refractivity (Wildman–Crippen MR) is 114 cm³/mol. The van der Waals surface area contributed by atoms with Gasteiger partial charge in [0.15, 0.2) is 0 Å². The molecule has 0 unspecified atom stereocenters. The van der Waals surface area contributed by atoms with Gasteiger partial charge in [-0.3, -0.25) is 4.79 Å². The van der Waals surface area contributed by atoms with E-state index in [2.05, 4.69) is 0 Å². The summed E-state index contributed by atoms with van der Waals surface area (Å²) in [7, 11) is 0. The van der Waals surface area contributed by atoms with Gasteiger partial charge in [-0.15, -0.1) is 0 Å². The highest BCUT2D eigenvalue weighted by Gasteiger charge is 2.12. The number of aliphatic hydroxyl groups is 3. The van der Waals surface area contributed by atoms with Gasteiger partial charge in [0, 0.05) is 13.0 Å². The van der Waals surface area contributed by atoms with Crippen LogP contribution in [0.15, 0.2) is 72.9 Å². The standard InChI is InChI=1S/C23H29FO7/c24-18-11-13-20(14-12-18)31-16-19(25)8-5-3-1-2-4-6-9-21(26)22(27)17-30-15-7-10-23(28)29/h1-6,8-9,11-14,19,21-22,25-27H,7,10,15-17H2,(H,28,29)/b3-1-,4-2+,8-5+,9-6+/t19-,21+,22-/m0/s1. The second kappa shape index (κ2) is 16.0.